The van der Waals surface area contributed by atoms with E-state index in [9.17, 15) is 23.5 Å². The lowest BCUT2D eigenvalue weighted by Gasteiger charge is -2.14. The molecule has 0 heterocycles. The van der Waals surface area contributed by atoms with Gasteiger partial charge in [0, 0.05) is 25.6 Å². The molecule has 10 heteroatoms. The van der Waals surface area contributed by atoms with Crippen molar-refractivity contribution in [3.05, 3.63) is 63.6 Å². The summed E-state index contributed by atoms with van der Waals surface area (Å²) in [5.74, 6) is -2.68. The SMILES string of the molecule is O=C(CCNC(=O)c1ccc(F)cc1F)NCC(O)COc1cccc(Cl)c1Cl. The highest BCUT2D eigenvalue weighted by Crippen LogP contribution is 2.31. The molecule has 0 aliphatic rings. The molecule has 2 aromatic rings. The van der Waals surface area contributed by atoms with Crippen LogP contribution in [0.3, 0.4) is 0 Å². The van der Waals surface area contributed by atoms with E-state index in [0.29, 0.717) is 16.8 Å². The molecule has 0 bridgehead atoms. The molecule has 0 aliphatic heterocycles. The molecule has 156 valence electrons. The zero-order valence-electron chi connectivity index (χ0n) is 15.1. The molecule has 1 unspecified atom stereocenters. The monoisotopic (exact) mass is 446 g/mol. The van der Waals surface area contributed by atoms with Gasteiger partial charge in [0.1, 0.15) is 35.1 Å². The second-order valence-electron chi connectivity index (χ2n) is 5.95. The van der Waals surface area contributed by atoms with Gasteiger partial charge in [0.25, 0.3) is 5.91 Å². The van der Waals surface area contributed by atoms with Crippen LogP contribution >= 0.6 is 23.2 Å². The Morgan fingerprint density at radius 2 is 1.90 bits per heavy atom. The Bertz CT molecular complexity index is 883. The van der Waals surface area contributed by atoms with Gasteiger partial charge in [0.2, 0.25) is 5.91 Å². The van der Waals surface area contributed by atoms with Crippen LogP contribution in [0.2, 0.25) is 10.0 Å². The second kappa shape index (κ2) is 10.9. The summed E-state index contributed by atoms with van der Waals surface area (Å²) in [6, 6.07) is 7.40. The Morgan fingerprint density at radius 3 is 2.62 bits per heavy atom. The fourth-order valence-corrected chi connectivity index (χ4v) is 2.57. The lowest BCUT2D eigenvalue weighted by molar-refractivity contribution is -0.121. The molecule has 0 aliphatic carbocycles. The zero-order valence-corrected chi connectivity index (χ0v) is 16.6. The molecule has 0 saturated heterocycles. The van der Waals surface area contributed by atoms with Crippen molar-refractivity contribution in [3.63, 3.8) is 0 Å². The number of ether oxygens (including phenoxy) is 1. The first-order chi connectivity index (χ1) is 13.8. The Morgan fingerprint density at radius 1 is 1.14 bits per heavy atom. The summed E-state index contributed by atoms with van der Waals surface area (Å²) in [5.41, 5.74) is -0.320. The van der Waals surface area contributed by atoms with E-state index < -0.39 is 29.6 Å². The van der Waals surface area contributed by atoms with Gasteiger partial charge in [-0.3, -0.25) is 9.59 Å². The third kappa shape index (κ3) is 7.16. The highest BCUT2D eigenvalue weighted by molar-refractivity contribution is 6.42. The smallest absolute Gasteiger partial charge is 0.254 e. The predicted molar refractivity (Wildman–Crippen MR) is 104 cm³/mol. The van der Waals surface area contributed by atoms with Crippen molar-refractivity contribution in [2.24, 2.45) is 0 Å². The summed E-state index contributed by atoms with van der Waals surface area (Å²) >= 11 is 11.8. The van der Waals surface area contributed by atoms with Crippen LogP contribution in [-0.4, -0.2) is 42.7 Å². The number of nitrogens with one attached hydrogen (secondary N) is 2. The van der Waals surface area contributed by atoms with Gasteiger partial charge in [-0.25, -0.2) is 8.78 Å². The third-order valence-electron chi connectivity index (χ3n) is 3.70. The summed E-state index contributed by atoms with van der Waals surface area (Å²) in [6.45, 7) is -0.273. The van der Waals surface area contributed by atoms with E-state index >= 15 is 0 Å². The minimum atomic E-state index is -1.00. The minimum Gasteiger partial charge on any atom is -0.489 e. The lowest BCUT2D eigenvalue weighted by Crippen LogP contribution is -2.37. The number of rotatable bonds is 9. The van der Waals surface area contributed by atoms with Crippen LogP contribution in [0.25, 0.3) is 0 Å². The number of aliphatic hydroxyl groups excluding tert-OH is 1. The predicted octanol–water partition coefficient (Wildman–Crippen LogP) is 2.95. The fraction of sp³-hybridized carbons (Fsp3) is 0.263. The standard InChI is InChI=1S/C19H18Cl2F2N2O4/c20-14-2-1-3-16(18(14)21)29-10-12(26)9-25-17(27)6-7-24-19(28)13-5-4-11(22)8-15(13)23/h1-5,8,12,26H,6-7,9-10H2,(H,24,28)(H,25,27). The topological polar surface area (TPSA) is 87.7 Å². The van der Waals surface area contributed by atoms with Crippen LogP contribution in [0.15, 0.2) is 36.4 Å². The molecule has 2 amide bonds. The maximum Gasteiger partial charge on any atom is 0.254 e. The number of carbonyl (C=O) groups is 2. The van der Waals surface area contributed by atoms with E-state index in [0.717, 1.165) is 12.1 Å². The Hall–Kier alpha value is -2.42. The van der Waals surface area contributed by atoms with Crippen LogP contribution in [0.4, 0.5) is 8.78 Å². The Balaban J connectivity index is 1.67. The first-order valence-electron chi connectivity index (χ1n) is 8.52. The van der Waals surface area contributed by atoms with Crippen LogP contribution in [0.1, 0.15) is 16.8 Å². The van der Waals surface area contributed by atoms with Gasteiger partial charge in [-0.1, -0.05) is 29.3 Å². The molecule has 1 atom stereocenters. The maximum atomic E-state index is 13.5. The van der Waals surface area contributed by atoms with Crippen LogP contribution in [0, 0.1) is 11.6 Å². The van der Waals surface area contributed by atoms with Gasteiger partial charge in [-0.05, 0) is 24.3 Å². The lowest BCUT2D eigenvalue weighted by atomic mass is 10.2. The van der Waals surface area contributed by atoms with E-state index in [4.69, 9.17) is 27.9 Å². The molecule has 0 saturated carbocycles. The number of hydrogen-bond donors (Lipinski definition) is 3. The maximum absolute atomic E-state index is 13.5. The van der Waals surface area contributed by atoms with Crippen molar-refractivity contribution in [2.75, 3.05) is 19.7 Å². The summed E-state index contributed by atoms with van der Waals surface area (Å²) in [6.07, 6.45) is -1.10. The first-order valence-corrected chi connectivity index (χ1v) is 9.28. The number of carbonyl (C=O) groups excluding carboxylic acids is 2. The van der Waals surface area contributed by atoms with Crippen molar-refractivity contribution < 1.29 is 28.2 Å². The summed E-state index contributed by atoms with van der Waals surface area (Å²) in [7, 11) is 0. The van der Waals surface area contributed by atoms with E-state index in [1.165, 1.54) is 0 Å². The molecule has 29 heavy (non-hydrogen) atoms. The van der Waals surface area contributed by atoms with Gasteiger partial charge in [0.05, 0.1) is 10.6 Å². The van der Waals surface area contributed by atoms with Crippen molar-refractivity contribution >= 4 is 35.0 Å². The molecule has 3 N–H and O–H groups in total. The molecular weight excluding hydrogens is 429 g/mol. The highest BCUT2D eigenvalue weighted by atomic mass is 35.5. The van der Waals surface area contributed by atoms with Gasteiger partial charge in [-0.15, -0.1) is 0 Å². The van der Waals surface area contributed by atoms with Gasteiger partial charge in [-0.2, -0.15) is 0 Å². The average Bonchev–Trinajstić information content (AvgIpc) is 2.67. The minimum absolute atomic E-state index is 0.0633. The normalized spacial score (nSPS) is 11.6. The molecule has 0 radical (unpaired) electrons. The van der Waals surface area contributed by atoms with Crippen LogP contribution in [-0.2, 0) is 4.79 Å². The number of amides is 2. The largest absolute Gasteiger partial charge is 0.489 e. The van der Waals surface area contributed by atoms with Gasteiger partial charge in [0.15, 0.2) is 0 Å². The van der Waals surface area contributed by atoms with Crippen molar-refractivity contribution in [3.8, 4) is 5.75 Å². The van der Waals surface area contributed by atoms with Crippen molar-refractivity contribution in [1.29, 1.82) is 0 Å². The fourth-order valence-electron chi connectivity index (χ4n) is 2.22. The summed E-state index contributed by atoms with van der Waals surface area (Å²) in [5, 5.41) is 15.2. The number of aliphatic hydroxyl groups is 1. The molecule has 2 aromatic carbocycles. The van der Waals surface area contributed by atoms with Gasteiger partial charge >= 0.3 is 0 Å². The molecule has 2 rings (SSSR count). The summed E-state index contributed by atoms with van der Waals surface area (Å²) in [4.78, 5) is 23.6. The molecule has 0 fully saturated rings. The first kappa shape index (κ1) is 22.9. The van der Waals surface area contributed by atoms with E-state index in [1.807, 2.05) is 0 Å². The third-order valence-corrected chi connectivity index (χ3v) is 4.50. The molecular formula is C19H18Cl2F2N2O4. The number of hydrogen-bond acceptors (Lipinski definition) is 4. The van der Waals surface area contributed by atoms with E-state index in [2.05, 4.69) is 10.6 Å². The zero-order chi connectivity index (χ0) is 21.4. The number of halogens is 4. The van der Waals surface area contributed by atoms with Crippen LogP contribution in [0.5, 0.6) is 5.75 Å². The van der Waals surface area contributed by atoms with E-state index in [-0.39, 0.29) is 36.7 Å². The second-order valence-corrected chi connectivity index (χ2v) is 6.74. The Kier molecular flexibility index (Phi) is 8.63. The summed E-state index contributed by atoms with van der Waals surface area (Å²) < 4.78 is 31.7. The quantitative estimate of drug-likeness (QED) is 0.552. The van der Waals surface area contributed by atoms with Gasteiger partial charge < -0.3 is 20.5 Å². The molecule has 0 spiro atoms. The molecule has 6 nitrogen and oxygen atoms in total. The highest BCUT2D eigenvalue weighted by Gasteiger charge is 2.14. The van der Waals surface area contributed by atoms with Crippen molar-refractivity contribution in [2.45, 2.75) is 12.5 Å². The average molecular weight is 447 g/mol. The van der Waals surface area contributed by atoms with Crippen molar-refractivity contribution in [1.82, 2.24) is 10.6 Å². The molecule has 0 aromatic heterocycles. The van der Waals surface area contributed by atoms with E-state index in [1.54, 1.807) is 18.2 Å². The number of benzene rings is 2. The Labute approximate surface area is 175 Å². The van der Waals surface area contributed by atoms with Crippen LogP contribution < -0.4 is 15.4 Å².